The number of carbonyl (C=O) groups excluding carboxylic acids is 1. The van der Waals surface area contributed by atoms with Crippen molar-refractivity contribution in [2.45, 2.75) is 64.0 Å². The predicted molar refractivity (Wildman–Crippen MR) is 173 cm³/mol. The number of hydrogen-bond acceptors (Lipinski definition) is 4. The number of nitroso groups, excluding NO2 is 1. The Balaban J connectivity index is 0.000000304. The molecule has 1 atom stereocenters. The van der Waals surface area contributed by atoms with Crippen LogP contribution in [0, 0.1) is 10.8 Å². The van der Waals surface area contributed by atoms with Gasteiger partial charge in [0.2, 0.25) is 0 Å². The van der Waals surface area contributed by atoms with Gasteiger partial charge in [-0.1, -0.05) is 97.9 Å². The summed E-state index contributed by atoms with van der Waals surface area (Å²) in [5, 5.41) is 9.96. The van der Waals surface area contributed by atoms with E-state index in [1.165, 1.54) is 16.7 Å². The zero-order valence-corrected chi connectivity index (χ0v) is 25.7. The largest absolute Gasteiger partial charge is 0.340 e. The van der Waals surface area contributed by atoms with Crippen molar-refractivity contribution in [3.05, 3.63) is 113 Å². The molecular formula is C33H44Cl2N4O2. The third kappa shape index (κ3) is 11.8. The highest BCUT2D eigenvalue weighted by molar-refractivity contribution is 6.18. The molecule has 0 radical (unpaired) electrons. The Bertz CT molecular complexity index is 1070. The molecule has 2 N–H and O–H groups in total. The zero-order valence-electron chi connectivity index (χ0n) is 24.1. The summed E-state index contributed by atoms with van der Waals surface area (Å²) in [6.07, 6.45) is 5.27. The number of nitrogens with one attached hydrogen (secondary N) is 2. The van der Waals surface area contributed by atoms with E-state index in [-0.39, 0.29) is 30.9 Å². The summed E-state index contributed by atoms with van der Waals surface area (Å²) in [5.41, 5.74) is 4.12. The van der Waals surface area contributed by atoms with Crippen LogP contribution in [0.1, 0.15) is 74.6 Å². The van der Waals surface area contributed by atoms with Crippen LogP contribution in [0.4, 0.5) is 4.79 Å². The number of urea groups is 1. The molecule has 1 aliphatic carbocycles. The number of rotatable bonds is 11. The molecule has 1 aliphatic rings. The minimum Gasteiger partial charge on any atom is -0.334 e. The first-order valence-corrected chi connectivity index (χ1v) is 14.9. The molecule has 41 heavy (non-hydrogen) atoms. The van der Waals surface area contributed by atoms with Crippen molar-refractivity contribution in [3.8, 4) is 0 Å². The van der Waals surface area contributed by atoms with Crippen LogP contribution in [0.2, 0.25) is 0 Å². The van der Waals surface area contributed by atoms with E-state index in [9.17, 15) is 9.70 Å². The number of hydrogen-bond donors (Lipinski definition) is 2. The van der Waals surface area contributed by atoms with Crippen LogP contribution in [0.15, 0.2) is 96.3 Å². The molecule has 8 heteroatoms. The molecule has 4 rings (SSSR count). The smallest absolute Gasteiger partial charge is 0.334 e. The second-order valence-electron chi connectivity index (χ2n) is 10.5. The highest BCUT2D eigenvalue weighted by atomic mass is 35.5. The van der Waals surface area contributed by atoms with Gasteiger partial charge in [-0.2, -0.15) is 5.01 Å². The fraction of sp³-hybridized carbons (Fsp3) is 0.424. The van der Waals surface area contributed by atoms with Crippen LogP contribution in [0.5, 0.6) is 0 Å². The summed E-state index contributed by atoms with van der Waals surface area (Å²) in [5.74, 6) is 1.38. The van der Waals surface area contributed by atoms with E-state index in [0.29, 0.717) is 12.0 Å². The SMILES string of the molecule is CC(NCCC(c1ccccc1)c1ccccc1)c1ccccc1.CC1CCC(NC(=O)N(CCCl)N=O)CC1.Cl. The monoisotopic (exact) mass is 598 g/mol. The first-order valence-electron chi connectivity index (χ1n) is 14.4. The standard InChI is InChI=1S/C23H25N.C10H18ClN3O2.ClH/c1-19(20-11-5-2-6-12-20)24-18-17-23(21-13-7-3-8-14-21)22-15-9-4-10-16-22;1-8-2-4-9(5-3-8)12-10(15)14(13-16)7-6-11;/h2-16,19,23-24H,17-18H2,1H3;8-9H,2-7H2,1H3,(H,12,15);1H. The van der Waals surface area contributed by atoms with Gasteiger partial charge in [0.15, 0.2) is 0 Å². The van der Waals surface area contributed by atoms with Gasteiger partial charge in [0, 0.05) is 23.9 Å². The van der Waals surface area contributed by atoms with Crippen LogP contribution in [-0.4, -0.2) is 36.1 Å². The van der Waals surface area contributed by atoms with Crippen molar-refractivity contribution in [2.75, 3.05) is 19.0 Å². The average molecular weight is 600 g/mol. The van der Waals surface area contributed by atoms with Crippen molar-refractivity contribution in [1.29, 1.82) is 0 Å². The Morgan fingerprint density at radius 1 is 0.878 bits per heavy atom. The minimum absolute atomic E-state index is 0. The highest BCUT2D eigenvalue weighted by Crippen LogP contribution is 2.28. The van der Waals surface area contributed by atoms with E-state index in [1.54, 1.807) is 0 Å². The maximum atomic E-state index is 11.6. The van der Waals surface area contributed by atoms with E-state index in [1.807, 2.05) is 0 Å². The van der Waals surface area contributed by atoms with E-state index >= 15 is 0 Å². The maximum Gasteiger partial charge on any atom is 0.340 e. The van der Waals surface area contributed by atoms with Gasteiger partial charge in [0.05, 0.1) is 11.8 Å². The molecule has 0 saturated heterocycles. The molecule has 6 nitrogen and oxygen atoms in total. The van der Waals surface area contributed by atoms with Crippen molar-refractivity contribution >= 4 is 30.0 Å². The molecule has 222 valence electrons. The fourth-order valence-electron chi connectivity index (χ4n) is 5.11. The van der Waals surface area contributed by atoms with E-state index in [2.05, 4.69) is 121 Å². The Hall–Kier alpha value is -2.93. The van der Waals surface area contributed by atoms with Crippen molar-refractivity contribution in [3.63, 3.8) is 0 Å². The van der Waals surface area contributed by atoms with Gasteiger partial charge in [-0.25, -0.2) is 4.79 Å². The lowest BCUT2D eigenvalue weighted by Crippen LogP contribution is -2.44. The summed E-state index contributed by atoms with van der Waals surface area (Å²) in [7, 11) is 0. The second kappa shape index (κ2) is 19.2. The molecule has 0 bridgehead atoms. The molecule has 3 aromatic carbocycles. The first-order chi connectivity index (χ1) is 19.5. The third-order valence-electron chi connectivity index (χ3n) is 7.56. The van der Waals surface area contributed by atoms with Gasteiger partial charge in [-0.3, -0.25) is 0 Å². The molecule has 0 aliphatic heterocycles. The fourth-order valence-corrected chi connectivity index (χ4v) is 5.27. The van der Waals surface area contributed by atoms with E-state index in [0.717, 1.165) is 49.6 Å². The summed E-state index contributed by atoms with van der Waals surface area (Å²) in [6, 6.07) is 32.4. The lowest BCUT2D eigenvalue weighted by atomic mass is 9.87. The average Bonchev–Trinajstić information content (AvgIpc) is 3.00. The molecular weight excluding hydrogens is 555 g/mol. The Labute approximate surface area is 256 Å². The maximum absolute atomic E-state index is 11.6. The minimum atomic E-state index is -0.435. The number of halogens is 2. The summed E-state index contributed by atoms with van der Waals surface area (Å²) < 4.78 is 0. The molecule has 1 saturated carbocycles. The molecule has 1 fully saturated rings. The normalized spacial score (nSPS) is 16.9. The molecule has 1 unspecified atom stereocenters. The number of alkyl halides is 1. The Morgan fingerprint density at radius 2 is 1.37 bits per heavy atom. The van der Waals surface area contributed by atoms with Crippen molar-refractivity contribution < 1.29 is 4.79 Å². The van der Waals surface area contributed by atoms with Gasteiger partial charge in [0.25, 0.3) is 0 Å². The van der Waals surface area contributed by atoms with E-state index in [4.69, 9.17) is 11.6 Å². The number of benzene rings is 3. The zero-order chi connectivity index (χ0) is 28.6. The molecule has 0 heterocycles. The van der Waals surface area contributed by atoms with Crippen LogP contribution in [0.3, 0.4) is 0 Å². The van der Waals surface area contributed by atoms with E-state index < -0.39 is 6.03 Å². The lowest BCUT2D eigenvalue weighted by molar-refractivity contribution is 0.191. The molecule has 2 amide bonds. The van der Waals surface area contributed by atoms with Crippen LogP contribution in [0.25, 0.3) is 0 Å². The highest BCUT2D eigenvalue weighted by Gasteiger charge is 2.22. The molecule has 3 aromatic rings. The lowest BCUT2D eigenvalue weighted by Gasteiger charge is -2.27. The van der Waals surface area contributed by atoms with Crippen LogP contribution < -0.4 is 10.6 Å². The predicted octanol–water partition coefficient (Wildman–Crippen LogP) is 8.48. The summed E-state index contributed by atoms with van der Waals surface area (Å²) in [4.78, 5) is 22.0. The summed E-state index contributed by atoms with van der Waals surface area (Å²) in [6.45, 7) is 5.59. The Morgan fingerprint density at radius 3 is 1.83 bits per heavy atom. The second-order valence-corrected chi connectivity index (χ2v) is 10.9. The third-order valence-corrected chi connectivity index (χ3v) is 7.73. The van der Waals surface area contributed by atoms with Crippen molar-refractivity contribution in [1.82, 2.24) is 15.6 Å². The number of carbonyl (C=O) groups is 1. The summed E-state index contributed by atoms with van der Waals surface area (Å²) >= 11 is 5.46. The van der Waals surface area contributed by atoms with Crippen LogP contribution >= 0.6 is 24.0 Å². The molecule has 0 spiro atoms. The van der Waals surface area contributed by atoms with Gasteiger partial charge in [-0.15, -0.1) is 28.9 Å². The first kappa shape index (κ1) is 34.3. The number of nitrogens with zero attached hydrogens (tertiary/aromatic N) is 2. The van der Waals surface area contributed by atoms with Gasteiger partial charge in [-0.05, 0) is 68.2 Å². The van der Waals surface area contributed by atoms with Gasteiger partial charge in [0.1, 0.15) is 0 Å². The quantitative estimate of drug-likeness (QED) is 0.132. The molecule has 0 aromatic heterocycles. The Kier molecular flexibility index (Phi) is 16.1. The number of amides is 2. The topological polar surface area (TPSA) is 73.8 Å². The van der Waals surface area contributed by atoms with Crippen molar-refractivity contribution in [2.24, 2.45) is 11.2 Å². The van der Waals surface area contributed by atoms with Crippen LogP contribution in [-0.2, 0) is 0 Å². The van der Waals surface area contributed by atoms with Gasteiger partial charge < -0.3 is 10.6 Å². The van der Waals surface area contributed by atoms with Gasteiger partial charge >= 0.3 is 6.03 Å².